The third kappa shape index (κ3) is 2.95. The molecule has 4 fully saturated rings. The van der Waals surface area contributed by atoms with E-state index >= 15 is 0 Å². The summed E-state index contributed by atoms with van der Waals surface area (Å²) in [6.45, 7) is 3.08. The van der Waals surface area contributed by atoms with E-state index in [4.69, 9.17) is 14.1 Å². The molecule has 158 valence electrons. The summed E-state index contributed by atoms with van der Waals surface area (Å²) in [7, 11) is -3.71. The first kappa shape index (κ1) is 18.7. The molecule has 2 aromatic heterocycles. The minimum atomic E-state index is -3.71. The van der Waals surface area contributed by atoms with Crippen LogP contribution in [0, 0.1) is 0 Å². The fourth-order valence-corrected chi connectivity index (χ4v) is 6.63. The second-order valence-corrected chi connectivity index (χ2v) is 10.6. The molecule has 11 heteroatoms. The van der Waals surface area contributed by atoms with E-state index in [9.17, 15) is 8.42 Å². The zero-order valence-electron chi connectivity index (χ0n) is 16.2. The summed E-state index contributed by atoms with van der Waals surface area (Å²) >= 11 is 1.49. The molecular weight excluding hydrogens is 426 g/mol. The van der Waals surface area contributed by atoms with Crippen molar-refractivity contribution in [2.75, 3.05) is 44.3 Å². The van der Waals surface area contributed by atoms with Gasteiger partial charge in [0.25, 0.3) is 6.01 Å². The average molecular weight is 448 g/mol. The number of thiazole rings is 1. The van der Waals surface area contributed by atoms with Gasteiger partial charge in [-0.15, -0.1) is 11.3 Å². The number of oxazole rings is 1. The minimum absolute atomic E-state index is 0.176. The third-order valence-electron chi connectivity index (χ3n) is 5.94. The van der Waals surface area contributed by atoms with Crippen molar-refractivity contribution in [2.45, 2.75) is 23.4 Å². The van der Waals surface area contributed by atoms with E-state index in [1.54, 1.807) is 18.3 Å². The second kappa shape index (κ2) is 6.99. The predicted molar refractivity (Wildman–Crippen MR) is 112 cm³/mol. The number of nitrogens with one attached hydrogen (secondary N) is 1. The van der Waals surface area contributed by atoms with Crippen molar-refractivity contribution < 1.29 is 17.6 Å². The highest BCUT2D eigenvalue weighted by atomic mass is 32.2. The number of nitrogens with zero attached hydrogens (tertiary/aromatic N) is 4. The summed E-state index contributed by atoms with van der Waals surface area (Å²) in [6.07, 6.45) is 2.89. The molecule has 1 aromatic carbocycles. The lowest BCUT2D eigenvalue weighted by Gasteiger charge is -2.47. The van der Waals surface area contributed by atoms with Crippen LogP contribution < -0.4 is 10.2 Å². The Bertz CT molecular complexity index is 1170. The van der Waals surface area contributed by atoms with Crippen LogP contribution in [0.2, 0.25) is 0 Å². The molecule has 4 aliphatic heterocycles. The Hall–Kier alpha value is -2.05. The molecule has 1 N–H and O–H groups in total. The number of anilines is 1. The van der Waals surface area contributed by atoms with Gasteiger partial charge in [0.15, 0.2) is 5.58 Å². The summed E-state index contributed by atoms with van der Waals surface area (Å²) in [6, 6.07) is 4.76. The fraction of sp³-hybridized carbons (Fsp3) is 0.474. The Morgan fingerprint density at radius 3 is 2.63 bits per heavy atom. The Balaban J connectivity index is 1.49. The number of fused-ring (bicyclic) bond motifs is 3. The van der Waals surface area contributed by atoms with Gasteiger partial charge in [0.1, 0.15) is 15.4 Å². The van der Waals surface area contributed by atoms with Crippen LogP contribution in [-0.4, -0.2) is 74.2 Å². The molecule has 0 spiro atoms. The van der Waals surface area contributed by atoms with Crippen LogP contribution in [0.4, 0.5) is 6.01 Å². The summed E-state index contributed by atoms with van der Waals surface area (Å²) in [4.78, 5) is 11.4. The Kier molecular flexibility index (Phi) is 4.36. The van der Waals surface area contributed by atoms with Crippen molar-refractivity contribution in [3.8, 4) is 10.6 Å². The highest BCUT2D eigenvalue weighted by Crippen LogP contribution is 2.38. The van der Waals surface area contributed by atoms with Crippen molar-refractivity contribution in [2.24, 2.45) is 0 Å². The number of benzene rings is 1. The van der Waals surface area contributed by atoms with E-state index in [-0.39, 0.29) is 4.90 Å². The molecule has 2 unspecified atom stereocenters. The van der Waals surface area contributed by atoms with Crippen LogP contribution in [0.3, 0.4) is 0 Å². The highest BCUT2D eigenvalue weighted by molar-refractivity contribution is 7.89. The molecule has 0 radical (unpaired) electrons. The van der Waals surface area contributed by atoms with Gasteiger partial charge in [0.2, 0.25) is 10.0 Å². The van der Waals surface area contributed by atoms with Crippen molar-refractivity contribution in [1.82, 2.24) is 19.6 Å². The number of hydrogen-bond donors (Lipinski definition) is 1. The Morgan fingerprint density at radius 2 is 1.93 bits per heavy atom. The molecule has 0 amide bonds. The largest absolute Gasteiger partial charge is 0.423 e. The maximum absolute atomic E-state index is 13.4. The maximum Gasteiger partial charge on any atom is 0.298 e. The van der Waals surface area contributed by atoms with Gasteiger partial charge in [-0.05, 0) is 18.6 Å². The van der Waals surface area contributed by atoms with Crippen molar-refractivity contribution in [3.05, 3.63) is 23.7 Å². The number of ether oxygens (including phenoxy) is 1. The summed E-state index contributed by atoms with van der Waals surface area (Å²) in [5, 5.41) is 6.16. The van der Waals surface area contributed by atoms with E-state index < -0.39 is 10.0 Å². The van der Waals surface area contributed by atoms with Gasteiger partial charge in [0.05, 0.1) is 18.8 Å². The number of piperazine rings is 1. The van der Waals surface area contributed by atoms with Gasteiger partial charge in [-0.25, -0.2) is 13.4 Å². The van der Waals surface area contributed by atoms with Crippen LogP contribution in [0.15, 0.2) is 33.0 Å². The van der Waals surface area contributed by atoms with E-state index in [1.807, 2.05) is 5.38 Å². The maximum atomic E-state index is 13.4. The van der Waals surface area contributed by atoms with Crippen molar-refractivity contribution in [1.29, 1.82) is 0 Å². The van der Waals surface area contributed by atoms with Crippen LogP contribution >= 0.6 is 11.3 Å². The van der Waals surface area contributed by atoms with Gasteiger partial charge in [-0.2, -0.15) is 9.29 Å². The molecule has 4 aliphatic rings. The molecule has 6 heterocycles. The molecule has 7 rings (SSSR count). The first-order chi connectivity index (χ1) is 14.6. The zero-order chi connectivity index (χ0) is 20.3. The molecule has 9 nitrogen and oxygen atoms in total. The summed E-state index contributed by atoms with van der Waals surface area (Å²) in [5.41, 5.74) is 1.61. The quantitative estimate of drug-likeness (QED) is 0.643. The first-order valence-corrected chi connectivity index (χ1v) is 12.3. The van der Waals surface area contributed by atoms with Gasteiger partial charge in [-0.3, -0.25) is 0 Å². The van der Waals surface area contributed by atoms with E-state index in [0.29, 0.717) is 55.5 Å². The lowest BCUT2D eigenvalue weighted by atomic mass is 9.92. The van der Waals surface area contributed by atoms with Crippen LogP contribution in [0.1, 0.15) is 6.42 Å². The molecule has 30 heavy (non-hydrogen) atoms. The minimum Gasteiger partial charge on any atom is -0.423 e. The molecule has 0 aliphatic carbocycles. The molecular formula is C19H21N5O4S2. The molecule has 0 saturated carbocycles. The SMILES string of the molecule is O=S(=O)(c1ccc(-c2nccs2)c2oc(N3CC4CC(C3)N4)nc12)N1CCOCC1. The van der Waals surface area contributed by atoms with Gasteiger partial charge >= 0.3 is 0 Å². The van der Waals surface area contributed by atoms with E-state index in [1.165, 1.54) is 15.6 Å². The number of hydrogen-bond acceptors (Lipinski definition) is 9. The number of sulfonamides is 1. The third-order valence-corrected chi connectivity index (χ3v) is 8.67. The summed E-state index contributed by atoms with van der Waals surface area (Å²) in [5.74, 6) is 0. The van der Waals surface area contributed by atoms with E-state index in [0.717, 1.165) is 30.1 Å². The number of piperidine rings is 1. The number of aromatic nitrogens is 2. The lowest BCUT2D eigenvalue weighted by Crippen LogP contribution is -2.67. The van der Waals surface area contributed by atoms with Gasteiger partial charge in [-0.1, -0.05) is 0 Å². The van der Waals surface area contributed by atoms with Crippen molar-refractivity contribution in [3.63, 3.8) is 0 Å². The van der Waals surface area contributed by atoms with Crippen LogP contribution in [-0.2, 0) is 14.8 Å². The smallest absolute Gasteiger partial charge is 0.298 e. The zero-order valence-corrected chi connectivity index (χ0v) is 17.8. The molecule has 4 saturated heterocycles. The standard InChI is InChI=1S/C19H21N5O4S2/c25-30(26,24-4-6-27-7-5-24)15-2-1-14(18-20-3-8-29-18)17-16(15)22-19(28-17)23-10-12-9-13(11-23)21-12/h1-3,8,12-13,21H,4-7,9-11H2. The monoisotopic (exact) mass is 447 g/mol. The Morgan fingerprint density at radius 1 is 1.17 bits per heavy atom. The van der Waals surface area contributed by atoms with E-state index in [2.05, 4.69) is 15.2 Å². The molecule has 2 atom stereocenters. The first-order valence-electron chi connectivity index (χ1n) is 10.0. The lowest BCUT2D eigenvalue weighted by molar-refractivity contribution is 0.0730. The Labute approximate surface area is 177 Å². The van der Waals surface area contributed by atoms with Crippen molar-refractivity contribution >= 4 is 38.5 Å². The van der Waals surface area contributed by atoms with Gasteiger partial charge in [0, 0.05) is 49.8 Å². The van der Waals surface area contributed by atoms with Crippen LogP contribution in [0.25, 0.3) is 21.7 Å². The normalized spacial score (nSPS) is 24.9. The second-order valence-electron chi connectivity index (χ2n) is 7.84. The summed E-state index contributed by atoms with van der Waals surface area (Å²) < 4.78 is 39.8. The topological polar surface area (TPSA) is 101 Å². The predicted octanol–water partition coefficient (Wildman–Crippen LogP) is 1.52. The highest BCUT2D eigenvalue weighted by Gasteiger charge is 2.39. The van der Waals surface area contributed by atoms with Crippen LogP contribution in [0.5, 0.6) is 0 Å². The number of rotatable bonds is 4. The fourth-order valence-electron chi connectivity index (χ4n) is 4.44. The molecule has 3 aromatic rings. The van der Waals surface area contributed by atoms with Gasteiger partial charge < -0.3 is 19.4 Å². The molecule has 2 bridgehead atoms. The average Bonchev–Trinajstić information content (AvgIpc) is 3.43. The number of morpholine rings is 1.